The van der Waals surface area contributed by atoms with Crippen LogP contribution in [0.25, 0.3) is 10.3 Å². The van der Waals surface area contributed by atoms with Gasteiger partial charge in [-0.05, 0) is 25.2 Å². The van der Waals surface area contributed by atoms with Crippen molar-refractivity contribution in [3.05, 3.63) is 51.6 Å². The Labute approximate surface area is 156 Å². The monoisotopic (exact) mass is 398 g/mol. The second-order valence-corrected chi connectivity index (χ2v) is 6.64. The summed E-state index contributed by atoms with van der Waals surface area (Å²) in [6.45, 7) is 0.0167. The smallest absolute Gasteiger partial charge is 0.258 e. The number of pyridine rings is 1. The maximum absolute atomic E-state index is 14.5. The standard InChI is InChI=1S/C16H13ClF2N4O2S/c1-20-7-22-15(24)13-9(18)2-3-11(14(13)19)25-6-12-23-10-4-8(17)5-21-16(10)26-12/h2-5,20H,6-7H2,1H3,(H,22,24). The molecule has 2 N–H and O–H groups in total. The average Bonchev–Trinajstić information content (AvgIpc) is 3.01. The third-order valence-electron chi connectivity index (χ3n) is 3.32. The Hall–Kier alpha value is -2.36. The number of benzene rings is 1. The summed E-state index contributed by atoms with van der Waals surface area (Å²) >= 11 is 7.13. The van der Waals surface area contributed by atoms with Gasteiger partial charge in [0.1, 0.15) is 33.3 Å². The Bertz CT molecular complexity index is 967. The summed E-state index contributed by atoms with van der Waals surface area (Å²) in [7, 11) is 1.59. The van der Waals surface area contributed by atoms with E-state index in [0.717, 1.165) is 12.1 Å². The minimum Gasteiger partial charge on any atom is -0.483 e. The lowest BCUT2D eigenvalue weighted by atomic mass is 10.1. The maximum Gasteiger partial charge on any atom is 0.258 e. The number of amides is 1. The van der Waals surface area contributed by atoms with Crippen LogP contribution >= 0.6 is 22.9 Å². The Kier molecular flexibility index (Phi) is 5.60. The van der Waals surface area contributed by atoms with Crippen molar-refractivity contribution < 1.29 is 18.3 Å². The van der Waals surface area contributed by atoms with Crippen molar-refractivity contribution in [3.8, 4) is 5.75 Å². The van der Waals surface area contributed by atoms with Gasteiger partial charge < -0.3 is 15.4 Å². The van der Waals surface area contributed by atoms with Crippen molar-refractivity contribution in [3.63, 3.8) is 0 Å². The molecule has 0 fully saturated rings. The van der Waals surface area contributed by atoms with Crippen LogP contribution in [0.2, 0.25) is 5.02 Å². The quantitative estimate of drug-likeness (QED) is 0.624. The van der Waals surface area contributed by atoms with Gasteiger partial charge in [0, 0.05) is 6.20 Å². The van der Waals surface area contributed by atoms with E-state index in [9.17, 15) is 13.6 Å². The minimum absolute atomic E-state index is 0.0568. The highest BCUT2D eigenvalue weighted by Crippen LogP contribution is 2.26. The second-order valence-electron chi connectivity index (χ2n) is 5.14. The summed E-state index contributed by atoms with van der Waals surface area (Å²) in [4.78, 5) is 21.0. The minimum atomic E-state index is -1.07. The number of carbonyl (C=O) groups is 1. The Morgan fingerprint density at radius 3 is 2.96 bits per heavy atom. The number of hydrogen-bond acceptors (Lipinski definition) is 6. The molecule has 10 heteroatoms. The molecule has 136 valence electrons. The van der Waals surface area contributed by atoms with Gasteiger partial charge in [-0.15, -0.1) is 0 Å². The topological polar surface area (TPSA) is 76.1 Å². The van der Waals surface area contributed by atoms with Crippen LogP contribution in [0.15, 0.2) is 24.4 Å². The van der Waals surface area contributed by atoms with Gasteiger partial charge in [-0.3, -0.25) is 4.79 Å². The number of nitrogens with zero attached hydrogens (tertiary/aromatic N) is 2. The van der Waals surface area contributed by atoms with E-state index in [2.05, 4.69) is 20.6 Å². The number of fused-ring (bicyclic) bond motifs is 1. The summed E-state index contributed by atoms with van der Waals surface area (Å²) < 4.78 is 33.7. The summed E-state index contributed by atoms with van der Waals surface area (Å²) in [5, 5.41) is 5.99. The summed E-state index contributed by atoms with van der Waals surface area (Å²) in [6, 6.07) is 3.76. The van der Waals surface area contributed by atoms with Crippen LogP contribution in [0.1, 0.15) is 15.4 Å². The Balaban J connectivity index is 1.79. The van der Waals surface area contributed by atoms with Crippen molar-refractivity contribution in [2.75, 3.05) is 13.7 Å². The van der Waals surface area contributed by atoms with E-state index in [0.29, 0.717) is 20.4 Å². The van der Waals surface area contributed by atoms with Gasteiger partial charge in [0.25, 0.3) is 5.91 Å². The third-order valence-corrected chi connectivity index (χ3v) is 4.48. The SMILES string of the molecule is CNCNC(=O)c1c(F)ccc(OCc2nc3cc(Cl)cnc3s2)c1F. The summed E-state index contributed by atoms with van der Waals surface area (Å²) in [5.74, 6) is -3.16. The van der Waals surface area contributed by atoms with Gasteiger partial charge >= 0.3 is 0 Å². The van der Waals surface area contributed by atoms with E-state index in [-0.39, 0.29) is 19.0 Å². The molecule has 0 spiro atoms. The third kappa shape index (κ3) is 3.90. The highest BCUT2D eigenvalue weighted by molar-refractivity contribution is 7.18. The fourth-order valence-corrected chi connectivity index (χ4v) is 3.11. The molecular formula is C16H13ClF2N4O2S. The first-order valence-corrected chi connectivity index (χ1v) is 8.63. The van der Waals surface area contributed by atoms with E-state index in [1.54, 1.807) is 13.1 Å². The lowest BCUT2D eigenvalue weighted by Crippen LogP contribution is -2.33. The predicted molar refractivity (Wildman–Crippen MR) is 94.5 cm³/mol. The number of halogens is 3. The molecule has 6 nitrogen and oxygen atoms in total. The Morgan fingerprint density at radius 2 is 2.19 bits per heavy atom. The lowest BCUT2D eigenvalue weighted by molar-refractivity contribution is 0.0941. The van der Waals surface area contributed by atoms with Crippen LogP contribution in [0, 0.1) is 11.6 Å². The van der Waals surface area contributed by atoms with E-state index in [1.807, 2.05) is 0 Å². The molecule has 2 heterocycles. The van der Waals surface area contributed by atoms with Crippen LogP contribution in [0.5, 0.6) is 5.75 Å². The van der Waals surface area contributed by atoms with E-state index < -0.39 is 23.1 Å². The number of ether oxygens (including phenoxy) is 1. The molecule has 0 aliphatic carbocycles. The van der Waals surface area contributed by atoms with Gasteiger partial charge in [-0.25, -0.2) is 18.7 Å². The normalized spacial score (nSPS) is 10.9. The van der Waals surface area contributed by atoms with Crippen molar-refractivity contribution >= 4 is 39.2 Å². The molecule has 2 aromatic heterocycles. The first-order valence-electron chi connectivity index (χ1n) is 7.44. The number of aromatic nitrogens is 2. The van der Waals surface area contributed by atoms with Crippen molar-refractivity contribution in [1.29, 1.82) is 0 Å². The van der Waals surface area contributed by atoms with Crippen LogP contribution in [0.3, 0.4) is 0 Å². The van der Waals surface area contributed by atoms with Crippen molar-refractivity contribution in [2.45, 2.75) is 6.61 Å². The number of rotatable bonds is 6. The number of thiazole rings is 1. The van der Waals surface area contributed by atoms with Crippen LogP contribution in [-0.2, 0) is 6.61 Å². The fraction of sp³-hybridized carbons (Fsp3) is 0.188. The molecule has 0 atom stereocenters. The van der Waals surface area contributed by atoms with Crippen molar-refractivity contribution in [2.24, 2.45) is 0 Å². The average molecular weight is 399 g/mol. The van der Waals surface area contributed by atoms with Crippen LogP contribution in [0.4, 0.5) is 8.78 Å². The van der Waals surface area contributed by atoms with E-state index >= 15 is 0 Å². The van der Waals surface area contributed by atoms with Crippen LogP contribution in [-0.4, -0.2) is 29.6 Å². The van der Waals surface area contributed by atoms with Crippen molar-refractivity contribution in [1.82, 2.24) is 20.6 Å². The molecule has 3 rings (SSSR count). The van der Waals surface area contributed by atoms with Gasteiger partial charge in [-0.1, -0.05) is 22.9 Å². The molecule has 3 aromatic rings. The van der Waals surface area contributed by atoms with Gasteiger partial charge in [0.15, 0.2) is 11.6 Å². The fourth-order valence-electron chi connectivity index (χ4n) is 2.15. The molecule has 0 aliphatic rings. The molecule has 1 amide bonds. The second kappa shape index (κ2) is 7.90. The van der Waals surface area contributed by atoms with E-state index in [4.69, 9.17) is 16.3 Å². The molecule has 1 aromatic carbocycles. The first kappa shape index (κ1) is 18.4. The zero-order chi connectivity index (χ0) is 18.7. The van der Waals surface area contributed by atoms with Gasteiger partial charge in [0.05, 0.1) is 11.7 Å². The number of nitrogens with one attached hydrogen (secondary N) is 2. The zero-order valence-corrected chi connectivity index (χ0v) is 15.0. The summed E-state index contributed by atoms with van der Waals surface area (Å²) in [6.07, 6.45) is 1.50. The molecule has 0 unspecified atom stereocenters. The molecule has 0 saturated carbocycles. The van der Waals surface area contributed by atoms with Gasteiger partial charge in [-0.2, -0.15) is 0 Å². The molecular weight excluding hydrogens is 386 g/mol. The molecule has 26 heavy (non-hydrogen) atoms. The van der Waals surface area contributed by atoms with Crippen LogP contribution < -0.4 is 15.4 Å². The summed E-state index contributed by atoms with van der Waals surface area (Å²) in [5.41, 5.74) is -0.0942. The Morgan fingerprint density at radius 1 is 1.38 bits per heavy atom. The molecule has 0 saturated heterocycles. The highest BCUT2D eigenvalue weighted by atomic mass is 35.5. The molecule has 0 radical (unpaired) electrons. The number of carbonyl (C=O) groups excluding carboxylic acids is 1. The van der Waals surface area contributed by atoms with E-state index in [1.165, 1.54) is 17.5 Å². The van der Waals surface area contributed by atoms with Gasteiger partial charge in [0.2, 0.25) is 0 Å². The zero-order valence-electron chi connectivity index (χ0n) is 13.5. The predicted octanol–water partition coefficient (Wildman–Crippen LogP) is 3.11. The maximum atomic E-state index is 14.5. The largest absolute Gasteiger partial charge is 0.483 e. The number of hydrogen-bond donors (Lipinski definition) is 2. The highest BCUT2D eigenvalue weighted by Gasteiger charge is 2.21. The lowest BCUT2D eigenvalue weighted by Gasteiger charge is -2.10. The molecule has 0 bridgehead atoms. The molecule has 0 aliphatic heterocycles. The first-order chi connectivity index (χ1) is 12.5.